The zero-order chi connectivity index (χ0) is 28.4. The summed E-state index contributed by atoms with van der Waals surface area (Å²) in [5.41, 5.74) is 4.17. The van der Waals surface area contributed by atoms with Gasteiger partial charge in [-0.15, -0.1) is 0 Å². The van der Waals surface area contributed by atoms with Crippen LogP contribution in [0.25, 0.3) is 11.1 Å². The number of ether oxygens (including phenoxy) is 2. The van der Waals surface area contributed by atoms with Crippen LogP contribution in [0.5, 0.6) is 0 Å². The maximum absolute atomic E-state index is 13.3. The Labute approximate surface area is 238 Å². The Balaban J connectivity index is 1.84. The van der Waals surface area contributed by atoms with Crippen LogP contribution >= 0.6 is 11.8 Å². The molecule has 0 saturated heterocycles. The third kappa shape index (κ3) is 9.09. The van der Waals surface area contributed by atoms with Gasteiger partial charge in [-0.1, -0.05) is 49.6 Å². The average Bonchev–Trinajstić information content (AvgIpc) is 2.93. The molecule has 0 radical (unpaired) electrons. The molecule has 3 atom stereocenters. The highest BCUT2D eigenvalue weighted by Crippen LogP contribution is 2.32. The minimum atomic E-state index is -1.02. The van der Waals surface area contributed by atoms with Gasteiger partial charge < -0.3 is 19.9 Å². The van der Waals surface area contributed by atoms with Gasteiger partial charge in [0.2, 0.25) is 0 Å². The van der Waals surface area contributed by atoms with Crippen LogP contribution in [-0.2, 0) is 20.9 Å². The van der Waals surface area contributed by atoms with Crippen molar-refractivity contribution >= 4 is 23.6 Å². The molecule has 1 aliphatic carbocycles. The van der Waals surface area contributed by atoms with Crippen LogP contribution in [0.1, 0.15) is 80.8 Å². The lowest BCUT2D eigenvalue weighted by Gasteiger charge is -2.35. The van der Waals surface area contributed by atoms with E-state index in [4.69, 9.17) is 9.47 Å². The zero-order valence-corrected chi connectivity index (χ0v) is 24.9. The number of benzene rings is 2. The summed E-state index contributed by atoms with van der Waals surface area (Å²) < 4.78 is 12.8. The largest absolute Gasteiger partial charge is 0.480 e. The van der Waals surface area contributed by atoms with E-state index in [1.54, 1.807) is 17.8 Å². The number of amides is 1. The number of hydrogen-bond acceptors (Lipinski definition) is 5. The van der Waals surface area contributed by atoms with Crippen molar-refractivity contribution in [2.75, 3.05) is 12.0 Å². The van der Waals surface area contributed by atoms with Gasteiger partial charge in [0.15, 0.2) is 0 Å². The molecule has 2 aromatic carbocycles. The quantitative estimate of drug-likeness (QED) is 0.264. The Morgan fingerprint density at radius 1 is 1.05 bits per heavy atom. The standard InChI is InChI=1S/C32H45NO5S/c1-21(2)38-30(25-12-7-6-8-13-25)23(4)37-20-24-15-16-27(28(19-24)26-14-10-9-11-22(26)3)31(34)33-29(32(35)36)17-18-39-5/h9-11,14-16,19,21,23,25,29-30H,6-8,12-13,17-18,20H2,1-5H3,(H,33,34)(H,35,36)/t23-,29-,30?/m0/s1. The molecule has 3 rings (SSSR count). The number of rotatable bonds is 14. The first-order chi connectivity index (χ1) is 18.7. The van der Waals surface area contributed by atoms with Crippen molar-refractivity contribution in [3.05, 3.63) is 59.2 Å². The molecule has 1 aliphatic rings. The molecule has 0 aromatic heterocycles. The number of carboxylic acid groups (broad SMARTS) is 1. The number of thioether (sulfide) groups is 1. The van der Waals surface area contributed by atoms with E-state index < -0.39 is 12.0 Å². The van der Waals surface area contributed by atoms with Crippen molar-refractivity contribution in [3.8, 4) is 11.1 Å². The van der Waals surface area contributed by atoms with Crippen LogP contribution in [0.15, 0.2) is 42.5 Å². The van der Waals surface area contributed by atoms with Gasteiger partial charge in [-0.25, -0.2) is 4.79 Å². The molecule has 0 heterocycles. The summed E-state index contributed by atoms with van der Waals surface area (Å²) in [6.07, 6.45) is 8.58. The summed E-state index contributed by atoms with van der Waals surface area (Å²) >= 11 is 1.56. The lowest BCUT2D eigenvalue weighted by molar-refractivity contribution is -0.139. The van der Waals surface area contributed by atoms with Gasteiger partial charge in [0.1, 0.15) is 6.04 Å². The molecule has 1 unspecified atom stereocenters. The number of carbonyl (C=O) groups excluding carboxylic acids is 1. The van der Waals surface area contributed by atoms with Crippen LogP contribution in [0.4, 0.5) is 0 Å². The van der Waals surface area contributed by atoms with E-state index in [9.17, 15) is 14.7 Å². The predicted molar refractivity (Wildman–Crippen MR) is 159 cm³/mol. The van der Waals surface area contributed by atoms with Gasteiger partial charge in [-0.3, -0.25) is 4.79 Å². The fraction of sp³-hybridized carbons (Fsp3) is 0.562. The molecular weight excluding hydrogens is 510 g/mol. The monoisotopic (exact) mass is 555 g/mol. The number of aliphatic carboxylic acids is 1. The van der Waals surface area contributed by atoms with Gasteiger partial charge >= 0.3 is 5.97 Å². The maximum atomic E-state index is 13.3. The number of carboxylic acids is 1. The average molecular weight is 556 g/mol. The van der Waals surface area contributed by atoms with E-state index in [2.05, 4.69) is 26.1 Å². The minimum Gasteiger partial charge on any atom is -0.480 e. The van der Waals surface area contributed by atoms with Crippen molar-refractivity contribution in [2.24, 2.45) is 5.92 Å². The second-order valence-electron chi connectivity index (χ2n) is 10.9. The maximum Gasteiger partial charge on any atom is 0.326 e. The first-order valence-corrected chi connectivity index (χ1v) is 15.6. The highest BCUT2D eigenvalue weighted by atomic mass is 32.2. The SMILES string of the molecule is CSCC[C@H](NC(=O)c1ccc(CO[C@@H](C)C(OC(C)C)C2CCCCC2)cc1-c1ccccc1C)C(=O)O. The summed E-state index contributed by atoms with van der Waals surface area (Å²) in [5.74, 6) is -0.244. The zero-order valence-electron chi connectivity index (χ0n) is 24.1. The van der Waals surface area contributed by atoms with Crippen LogP contribution in [-0.4, -0.2) is 53.3 Å². The van der Waals surface area contributed by atoms with E-state index in [1.165, 1.54) is 32.1 Å². The Morgan fingerprint density at radius 2 is 1.77 bits per heavy atom. The second-order valence-corrected chi connectivity index (χ2v) is 11.9. The Bertz CT molecular complexity index is 1080. The summed E-state index contributed by atoms with van der Waals surface area (Å²) in [6.45, 7) is 8.68. The van der Waals surface area contributed by atoms with Crippen LogP contribution in [0, 0.1) is 12.8 Å². The van der Waals surface area contributed by atoms with Crippen molar-refractivity contribution < 1.29 is 24.2 Å². The molecule has 0 aliphatic heterocycles. The molecule has 7 heteroatoms. The highest BCUT2D eigenvalue weighted by molar-refractivity contribution is 7.98. The molecule has 2 N–H and O–H groups in total. The van der Waals surface area contributed by atoms with E-state index in [0.717, 1.165) is 22.3 Å². The third-order valence-corrected chi connectivity index (χ3v) is 8.14. The van der Waals surface area contributed by atoms with Crippen molar-refractivity contribution in [1.82, 2.24) is 5.32 Å². The van der Waals surface area contributed by atoms with Gasteiger partial charge in [0.25, 0.3) is 5.91 Å². The van der Waals surface area contributed by atoms with Gasteiger partial charge in [0, 0.05) is 5.56 Å². The van der Waals surface area contributed by atoms with Crippen LogP contribution < -0.4 is 5.32 Å². The summed E-state index contributed by atoms with van der Waals surface area (Å²) in [5, 5.41) is 12.4. The lowest BCUT2D eigenvalue weighted by Crippen LogP contribution is -2.41. The molecular formula is C32H45NO5S. The Morgan fingerprint density at radius 3 is 2.41 bits per heavy atom. The van der Waals surface area contributed by atoms with Gasteiger partial charge in [-0.2, -0.15) is 11.8 Å². The topological polar surface area (TPSA) is 84.9 Å². The fourth-order valence-corrected chi connectivity index (χ4v) is 5.88. The van der Waals surface area contributed by atoms with Crippen molar-refractivity contribution in [3.63, 3.8) is 0 Å². The minimum absolute atomic E-state index is 0.0559. The van der Waals surface area contributed by atoms with Gasteiger partial charge in [-0.05, 0) is 99.3 Å². The molecule has 214 valence electrons. The first-order valence-electron chi connectivity index (χ1n) is 14.2. The third-order valence-electron chi connectivity index (χ3n) is 7.50. The van der Waals surface area contributed by atoms with E-state index in [1.807, 2.05) is 49.6 Å². The van der Waals surface area contributed by atoms with E-state index >= 15 is 0 Å². The highest BCUT2D eigenvalue weighted by Gasteiger charge is 2.30. The molecule has 1 fully saturated rings. The number of carbonyl (C=O) groups is 2. The number of nitrogens with one attached hydrogen (secondary N) is 1. The summed E-state index contributed by atoms with van der Waals surface area (Å²) in [6, 6.07) is 12.7. The molecule has 2 aromatic rings. The van der Waals surface area contributed by atoms with Crippen LogP contribution in [0.2, 0.25) is 0 Å². The van der Waals surface area contributed by atoms with Crippen molar-refractivity contribution in [2.45, 2.75) is 97.2 Å². The Hall–Kier alpha value is -2.35. The first kappa shape index (κ1) is 31.2. The van der Waals surface area contributed by atoms with E-state index in [0.29, 0.717) is 30.3 Å². The molecule has 6 nitrogen and oxygen atoms in total. The summed E-state index contributed by atoms with van der Waals surface area (Å²) in [4.78, 5) is 25.1. The normalized spacial score (nSPS) is 16.6. The number of aryl methyl sites for hydroxylation is 1. The molecule has 1 amide bonds. The molecule has 0 spiro atoms. The molecule has 39 heavy (non-hydrogen) atoms. The smallest absolute Gasteiger partial charge is 0.326 e. The Kier molecular flexibility index (Phi) is 12.3. The predicted octanol–water partition coefficient (Wildman–Crippen LogP) is 6.88. The van der Waals surface area contributed by atoms with Crippen molar-refractivity contribution in [1.29, 1.82) is 0 Å². The van der Waals surface area contributed by atoms with E-state index in [-0.39, 0.29) is 24.2 Å². The molecule has 0 bridgehead atoms. The molecule has 1 saturated carbocycles. The lowest BCUT2D eigenvalue weighted by atomic mass is 9.83. The van der Waals surface area contributed by atoms with Crippen LogP contribution in [0.3, 0.4) is 0 Å². The summed E-state index contributed by atoms with van der Waals surface area (Å²) in [7, 11) is 0. The fourth-order valence-electron chi connectivity index (χ4n) is 5.41. The number of hydrogen-bond donors (Lipinski definition) is 2. The van der Waals surface area contributed by atoms with Gasteiger partial charge in [0.05, 0.1) is 24.9 Å². The second kappa shape index (κ2) is 15.4.